The number of rotatable bonds is 4. The molecule has 4 N–H and O–H groups in total. The minimum Gasteiger partial charge on any atom is -0.387 e. The normalized spacial score (nSPS) is 32.1. The molecule has 0 spiro atoms. The third-order valence-electron chi connectivity index (χ3n) is 5.22. The second kappa shape index (κ2) is 5.78. The van der Waals surface area contributed by atoms with E-state index in [1.807, 2.05) is 31.2 Å². The van der Waals surface area contributed by atoms with E-state index in [1.165, 1.54) is 6.42 Å². The molecule has 1 amide bonds. The molecule has 21 heavy (non-hydrogen) atoms. The van der Waals surface area contributed by atoms with Gasteiger partial charge >= 0.3 is 0 Å². The zero-order valence-electron chi connectivity index (χ0n) is 12.5. The van der Waals surface area contributed by atoms with Gasteiger partial charge in [-0.1, -0.05) is 29.8 Å². The van der Waals surface area contributed by atoms with E-state index in [1.54, 1.807) is 0 Å². The monoisotopic (exact) mass is 288 g/mol. The molecule has 1 aromatic carbocycles. The molecule has 2 bridgehead atoms. The number of hydrogen-bond donors (Lipinski definition) is 3. The zero-order valence-corrected chi connectivity index (χ0v) is 12.5. The summed E-state index contributed by atoms with van der Waals surface area (Å²) >= 11 is 0. The number of aryl methyl sites for hydroxylation is 1. The summed E-state index contributed by atoms with van der Waals surface area (Å²) in [6.45, 7) is 2.26. The zero-order chi connectivity index (χ0) is 15.0. The van der Waals surface area contributed by atoms with Crippen molar-refractivity contribution in [1.82, 2.24) is 5.32 Å². The Bertz CT molecular complexity index is 512. The predicted molar refractivity (Wildman–Crippen MR) is 81.4 cm³/mol. The van der Waals surface area contributed by atoms with Crippen LogP contribution in [-0.4, -0.2) is 23.6 Å². The number of hydrogen-bond acceptors (Lipinski definition) is 3. The average Bonchev–Trinajstić information content (AvgIpc) is 3.06. The maximum atomic E-state index is 12.3. The quantitative estimate of drug-likeness (QED) is 0.786. The summed E-state index contributed by atoms with van der Waals surface area (Å²) in [5, 5.41) is 13.0. The molecule has 114 valence electrons. The number of nitrogens with two attached hydrogens (primary N) is 1. The number of fused-ring (bicyclic) bond motifs is 2. The SMILES string of the molecule is Cc1ccc(C(O)CNC(=O)C2C3CCC(C3)C2N)cc1. The van der Waals surface area contributed by atoms with Crippen LogP contribution in [-0.2, 0) is 4.79 Å². The fourth-order valence-corrected chi connectivity index (χ4v) is 3.95. The summed E-state index contributed by atoms with van der Waals surface area (Å²) in [4.78, 5) is 12.3. The lowest BCUT2D eigenvalue weighted by molar-refractivity contribution is -0.127. The Morgan fingerprint density at radius 1 is 1.33 bits per heavy atom. The van der Waals surface area contributed by atoms with Crippen molar-refractivity contribution < 1.29 is 9.90 Å². The highest BCUT2D eigenvalue weighted by molar-refractivity contribution is 5.80. The van der Waals surface area contributed by atoms with Crippen LogP contribution < -0.4 is 11.1 Å². The van der Waals surface area contributed by atoms with E-state index < -0.39 is 6.10 Å². The maximum absolute atomic E-state index is 12.3. The second-order valence-electron chi connectivity index (χ2n) is 6.61. The van der Waals surface area contributed by atoms with Crippen molar-refractivity contribution in [3.05, 3.63) is 35.4 Å². The van der Waals surface area contributed by atoms with Crippen LogP contribution in [0.3, 0.4) is 0 Å². The van der Waals surface area contributed by atoms with Crippen molar-refractivity contribution in [1.29, 1.82) is 0 Å². The molecule has 2 aliphatic rings. The Morgan fingerprint density at radius 3 is 2.62 bits per heavy atom. The molecule has 2 fully saturated rings. The van der Waals surface area contributed by atoms with Gasteiger partial charge in [0.2, 0.25) is 5.91 Å². The summed E-state index contributed by atoms with van der Waals surface area (Å²) in [7, 11) is 0. The molecule has 2 saturated carbocycles. The molecule has 0 aromatic heterocycles. The van der Waals surface area contributed by atoms with Crippen molar-refractivity contribution in [2.75, 3.05) is 6.54 Å². The highest BCUT2D eigenvalue weighted by atomic mass is 16.3. The summed E-state index contributed by atoms with van der Waals surface area (Å²) in [6, 6.07) is 7.73. The molecule has 4 nitrogen and oxygen atoms in total. The highest BCUT2D eigenvalue weighted by Crippen LogP contribution is 2.47. The van der Waals surface area contributed by atoms with E-state index in [2.05, 4.69) is 5.32 Å². The maximum Gasteiger partial charge on any atom is 0.225 e. The molecule has 5 unspecified atom stereocenters. The van der Waals surface area contributed by atoms with Crippen LogP contribution >= 0.6 is 0 Å². The van der Waals surface area contributed by atoms with Crippen molar-refractivity contribution in [2.45, 2.75) is 38.3 Å². The lowest BCUT2D eigenvalue weighted by Crippen LogP contribution is -2.46. The van der Waals surface area contributed by atoms with Crippen molar-refractivity contribution in [2.24, 2.45) is 23.5 Å². The van der Waals surface area contributed by atoms with Gasteiger partial charge in [0, 0.05) is 12.6 Å². The van der Waals surface area contributed by atoms with Gasteiger partial charge in [0.1, 0.15) is 0 Å². The molecule has 0 heterocycles. The van der Waals surface area contributed by atoms with Crippen LogP contribution in [0.2, 0.25) is 0 Å². The molecule has 3 rings (SSSR count). The number of aliphatic hydroxyl groups is 1. The Hall–Kier alpha value is -1.39. The molecule has 0 radical (unpaired) electrons. The first kappa shape index (κ1) is 14.5. The summed E-state index contributed by atoms with van der Waals surface area (Å²) in [5.74, 6) is 0.920. The number of benzene rings is 1. The van der Waals surface area contributed by atoms with Crippen LogP contribution in [0.15, 0.2) is 24.3 Å². The van der Waals surface area contributed by atoms with Crippen LogP contribution in [0, 0.1) is 24.7 Å². The first-order valence-electron chi connectivity index (χ1n) is 7.84. The van der Waals surface area contributed by atoms with E-state index in [-0.39, 0.29) is 24.4 Å². The lowest BCUT2D eigenvalue weighted by atomic mass is 9.84. The number of carbonyl (C=O) groups excluding carboxylic acids is 1. The lowest BCUT2D eigenvalue weighted by Gasteiger charge is -2.27. The van der Waals surface area contributed by atoms with Gasteiger partial charge < -0.3 is 16.2 Å². The first-order valence-corrected chi connectivity index (χ1v) is 7.84. The standard InChI is InChI=1S/C17H24N2O2/c1-10-2-4-11(5-3-10)14(20)9-19-17(21)15-12-6-7-13(8-12)16(15)18/h2-5,12-16,20H,6-9,18H2,1H3,(H,19,21). The van der Waals surface area contributed by atoms with Crippen molar-refractivity contribution in [3.63, 3.8) is 0 Å². The highest BCUT2D eigenvalue weighted by Gasteiger charge is 2.48. The van der Waals surface area contributed by atoms with Gasteiger partial charge in [0.05, 0.1) is 12.0 Å². The summed E-state index contributed by atoms with van der Waals surface area (Å²) in [5.41, 5.74) is 8.16. The molecule has 0 aliphatic heterocycles. The summed E-state index contributed by atoms with van der Waals surface area (Å²) in [6.07, 6.45) is 2.72. The fraction of sp³-hybridized carbons (Fsp3) is 0.588. The van der Waals surface area contributed by atoms with E-state index in [0.717, 1.165) is 24.0 Å². The molecule has 0 saturated heterocycles. The van der Waals surface area contributed by atoms with Crippen molar-refractivity contribution >= 4 is 5.91 Å². The largest absolute Gasteiger partial charge is 0.387 e. The third kappa shape index (κ3) is 2.83. The van der Waals surface area contributed by atoms with Gasteiger partial charge in [-0.25, -0.2) is 0 Å². The molecule has 1 aromatic rings. The average molecular weight is 288 g/mol. The van der Waals surface area contributed by atoms with Crippen LogP contribution in [0.25, 0.3) is 0 Å². The Labute approximate surface area is 125 Å². The van der Waals surface area contributed by atoms with Gasteiger partial charge in [0.25, 0.3) is 0 Å². The van der Waals surface area contributed by atoms with Gasteiger partial charge in [-0.3, -0.25) is 4.79 Å². The Morgan fingerprint density at radius 2 is 2.00 bits per heavy atom. The molecular weight excluding hydrogens is 264 g/mol. The molecular formula is C17H24N2O2. The van der Waals surface area contributed by atoms with Crippen LogP contribution in [0.5, 0.6) is 0 Å². The number of carbonyl (C=O) groups is 1. The smallest absolute Gasteiger partial charge is 0.225 e. The Balaban J connectivity index is 1.55. The minimum absolute atomic E-state index is 0.000248. The number of nitrogens with one attached hydrogen (secondary N) is 1. The van der Waals surface area contributed by atoms with E-state index in [0.29, 0.717) is 11.8 Å². The van der Waals surface area contributed by atoms with Crippen molar-refractivity contribution in [3.8, 4) is 0 Å². The van der Waals surface area contributed by atoms with E-state index >= 15 is 0 Å². The summed E-state index contributed by atoms with van der Waals surface area (Å²) < 4.78 is 0. The first-order chi connectivity index (χ1) is 10.1. The Kier molecular flexibility index (Phi) is 4.00. The van der Waals surface area contributed by atoms with Gasteiger partial charge in [-0.2, -0.15) is 0 Å². The van der Waals surface area contributed by atoms with Crippen LogP contribution in [0.1, 0.15) is 36.5 Å². The second-order valence-corrected chi connectivity index (χ2v) is 6.61. The van der Waals surface area contributed by atoms with Gasteiger partial charge in [-0.15, -0.1) is 0 Å². The van der Waals surface area contributed by atoms with Gasteiger partial charge in [-0.05, 0) is 43.6 Å². The van der Waals surface area contributed by atoms with E-state index in [4.69, 9.17) is 5.73 Å². The van der Waals surface area contributed by atoms with Gasteiger partial charge in [0.15, 0.2) is 0 Å². The molecule has 5 atom stereocenters. The third-order valence-corrected chi connectivity index (χ3v) is 5.22. The number of aliphatic hydroxyl groups excluding tert-OH is 1. The van der Waals surface area contributed by atoms with E-state index in [9.17, 15) is 9.90 Å². The minimum atomic E-state index is -0.663. The molecule has 2 aliphatic carbocycles. The predicted octanol–water partition coefficient (Wildman–Crippen LogP) is 1.52. The topological polar surface area (TPSA) is 75.3 Å². The van der Waals surface area contributed by atoms with Crippen LogP contribution in [0.4, 0.5) is 0 Å². The fourth-order valence-electron chi connectivity index (χ4n) is 3.95. The number of amides is 1. The molecule has 4 heteroatoms.